The van der Waals surface area contributed by atoms with Gasteiger partial charge in [0.2, 0.25) is 17.7 Å². The largest absolute Gasteiger partial charge is 0.478 e. The predicted molar refractivity (Wildman–Crippen MR) is 377 cm³/mol. The second-order valence-electron chi connectivity index (χ2n) is 27.7. The molecule has 0 spiro atoms. The summed E-state index contributed by atoms with van der Waals surface area (Å²) in [7, 11) is 0. The Morgan fingerprint density at radius 3 is 1.05 bits per heavy atom. The lowest BCUT2D eigenvalue weighted by molar-refractivity contribution is -0.119. The van der Waals surface area contributed by atoms with E-state index in [9.17, 15) is 38.4 Å². The number of likely N-dealkylation sites (tertiary alicyclic amines) is 2. The molecular weight excluding hydrogens is 1210 g/mol. The first-order valence-corrected chi connectivity index (χ1v) is 34.1. The Kier molecular flexibility index (Phi) is 23.5. The minimum absolute atomic E-state index is 0.130. The molecule has 0 bridgehead atoms. The number of carboxylic acids is 1. The van der Waals surface area contributed by atoms with E-state index in [1.54, 1.807) is 21.9 Å². The third kappa shape index (κ3) is 18.3. The molecule has 0 aliphatic carbocycles. The number of ketones is 2. The Morgan fingerprint density at radius 1 is 0.448 bits per heavy atom. The van der Waals surface area contributed by atoms with Crippen molar-refractivity contribution in [1.82, 2.24) is 15.1 Å². The molecule has 4 N–H and O–H groups in total. The van der Waals surface area contributed by atoms with E-state index in [0.29, 0.717) is 75.1 Å². The van der Waals surface area contributed by atoms with Crippen molar-refractivity contribution >= 4 is 64.5 Å². The van der Waals surface area contributed by atoms with E-state index in [1.807, 2.05) is 162 Å². The number of hydrogen-bond acceptors (Lipinski definition) is 12. The fourth-order valence-electron chi connectivity index (χ4n) is 12.5. The van der Waals surface area contributed by atoms with Crippen LogP contribution in [0, 0.1) is 17.8 Å². The van der Waals surface area contributed by atoms with Crippen molar-refractivity contribution in [3.63, 3.8) is 0 Å². The molecule has 0 saturated carbocycles. The van der Waals surface area contributed by atoms with Gasteiger partial charge in [0.25, 0.3) is 0 Å². The minimum atomic E-state index is -0.922. The SMILES string of the molecule is CC(C)(C)OC(=O)N1CC(CN)C1.CCC(=O)N1CCc2cc(-c3ccc(C(=O)CCC4CN(C(=O)OC(C)(C)C)C4)cc3)ccc21.CCC(=O)N1CCc2cc(-c3ccc(C(=O)CCC4CNC4)cc3)ccc21.CCC(=O)N1CCc2cc(-c3ccc(C(=O)O)cc3)ccc21. The van der Waals surface area contributed by atoms with Gasteiger partial charge < -0.3 is 50.1 Å². The molecule has 3 fully saturated rings. The van der Waals surface area contributed by atoms with E-state index >= 15 is 0 Å². The standard InChI is InChI=1S/C28H34N2O4.C23H26N2O2.C18H17NO3.C9H18N2O2/c1-5-26(32)30-15-14-23-16-22(11-12-24(23)30)20-7-9-21(10-8-20)25(31)13-6-19-17-29(18-19)27(33)34-28(2,3)4;1-2-23(27)25-12-11-20-13-19(8-9-21(20)25)17-4-6-18(7-5-17)22(26)10-3-16-14-24-15-16;1-2-17(20)19-10-9-15-11-14(7-8-16(15)19)12-3-5-13(6-4-12)18(21)22;1-9(2,3)13-8(12)11-5-7(4-10)6-11/h7-12,16,19H,5-6,13-15,17-18H2,1-4H3;4-9,13,16,24H,2-3,10-12,14-15H2,1H3;3-8,11H,2,9-10H2,1H3,(H,21,22);7H,4-6,10H2,1-3H3. The van der Waals surface area contributed by atoms with Gasteiger partial charge in [-0.25, -0.2) is 14.4 Å². The Morgan fingerprint density at radius 2 is 0.760 bits per heavy atom. The van der Waals surface area contributed by atoms with Crippen molar-refractivity contribution in [1.29, 1.82) is 0 Å². The molecule has 0 aromatic heterocycles. The van der Waals surface area contributed by atoms with E-state index in [1.165, 1.54) is 16.7 Å². The smallest absolute Gasteiger partial charge is 0.410 e. The quantitative estimate of drug-likeness (QED) is 0.0767. The predicted octanol–water partition coefficient (Wildman–Crippen LogP) is 13.5. The van der Waals surface area contributed by atoms with Crippen molar-refractivity contribution in [2.24, 2.45) is 23.5 Å². The van der Waals surface area contributed by atoms with E-state index in [2.05, 4.69) is 35.6 Å². The van der Waals surface area contributed by atoms with Crippen LogP contribution in [-0.4, -0.2) is 139 Å². The first-order chi connectivity index (χ1) is 45.8. The third-order valence-electron chi connectivity index (χ3n) is 18.3. The number of anilines is 3. The maximum absolute atomic E-state index is 12.7. The zero-order chi connectivity index (χ0) is 69.0. The number of fused-ring (bicyclic) bond motifs is 3. The number of benzene rings is 6. The summed E-state index contributed by atoms with van der Waals surface area (Å²) in [5, 5.41) is 12.2. The Balaban J connectivity index is 0.000000157. The number of aromatic carboxylic acids is 1. The van der Waals surface area contributed by atoms with Crippen molar-refractivity contribution < 1.29 is 52.9 Å². The summed E-state index contributed by atoms with van der Waals surface area (Å²) in [6.45, 7) is 24.6. The number of hydrogen-bond donors (Lipinski definition) is 3. The van der Waals surface area contributed by atoms with Crippen LogP contribution in [-0.2, 0) is 43.1 Å². The molecule has 0 unspecified atom stereocenters. The normalized spacial score (nSPS) is 15.5. The second-order valence-corrected chi connectivity index (χ2v) is 27.7. The van der Waals surface area contributed by atoms with E-state index < -0.39 is 17.2 Å². The maximum atomic E-state index is 12.7. The average Bonchev–Trinajstić information content (AvgIpc) is 1.72. The number of nitrogens with two attached hydrogens (primary N) is 1. The molecule has 6 aliphatic rings. The second kappa shape index (κ2) is 31.7. The van der Waals surface area contributed by atoms with E-state index in [4.69, 9.17) is 20.3 Å². The first kappa shape index (κ1) is 71.3. The van der Waals surface area contributed by atoms with Gasteiger partial charge in [0, 0.05) is 112 Å². The lowest BCUT2D eigenvalue weighted by atomic mass is 9.92. The van der Waals surface area contributed by atoms with Gasteiger partial charge in [-0.1, -0.05) is 99.6 Å². The highest BCUT2D eigenvalue weighted by atomic mass is 16.6. The summed E-state index contributed by atoms with van der Waals surface area (Å²) >= 11 is 0. The van der Waals surface area contributed by atoms with Crippen LogP contribution in [0.25, 0.3) is 33.4 Å². The van der Waals surface area contributed by atoms with Crippen LogP contribution >= 0.6 is 0 Å². The molecule has 6 aromatic carbocycles. The van der Waals surface area contributed by atoms with Gasteiger partial charge in [-0.05, 0) is 204 Å². The summed E-state index contributed by atoms with van der Waals surface area (Å²) in [6.07, 6.45) is 6.56. The van der Waals surface area contributed by atoms with Crippen molar-refractivity contribution in [2.45, 2.75) is 138 Å². The van der Waals surface area contributed by atoms with Crippen molar-refractivity contribution in [2.75, 3.05) is 80.1 Å². The number of amides is 5. The number of ether oxygens (including phenoxy) is 2. The molecule has 5 amide bonds. The number of nitrogens with one attached hydrogen (secondary N) is 1. The molecule has 6 heterocycles. The van der Waals surface area contributed by atoms with Crippen LogP contribution < -0.4 is 25.8 Å². The average molecular weight is 1310 g/mol. The van der Waals surface area contributed by atoms with Gasteiger partial charge in [0.05, 0.1) is 5.56 Å². The third-order valence-corrected chi connectivity index (χ3v) is 18.3. The fraction of sp³-hybridized carbons (Fsp3) is 0.436. The molecule has 12 rings (SSSR count). The molecule has 3 saturated heterocycles. The van der Waals surface area contributed by atoms with Crippen LogP contribution in [0.4, 0.5) is 26.7 Å². The number of Topliss-reactive ketones (excluding diaryl/α,β-unsaturated/α-hetero) is 2. The zero-order valence-electron chi connectivity index (χ0n) is 57.3. The summed E-state index contributed by atoms with van der Waals surface area (Å²) in [5.74, 6) is 1.41. The minimum Gasteiger partial charge on any atom is -0.478 e. The van der Waals surface area contributed by atoms with Gasteiger partial charge in [-0.15, -0.1) is 0 Å². The number of carbonyl (C=O) groups excluding carboxylic acids is 7. The van der Waals surface area contributed by atoms with Crippen LogP contribution in [0.2, 0.25) is 0 Å². The highest BCUT2D eigenvalue weighted by Crippen LogP contribution is 2.37. The number of carboxylic acid groups (broad SMARTS) is 1. The lowest BCUT2D eigenvalue weighted by Crippen LogP contribution is -2.53. The molecule has 508 valence electrons. The number of carbonyl (C=O) groups is 8. The molecule has 6 aliphatic heterocycles. The van der Waals surface area contributed by atoms with Crippen LogP contribution in [0.1, 0.15) is 155 Å². The summed E-state index contributed by atoms with van der Waals surface area (Å²) in [6, 6.07) is 41.2. The topological polar surface area (TPSA) is 230 Å². The molecular formula is C78H95N7O11. The molecule has 18 nitrogen and oxygen atoms in total. The highest BCUT2D eigenvalue weighted by molar-refractivity contribution is 5.99. The lowest BCUT2D eigenvalue weighted by Gasteiger charge is -2.39. The summed E-state index contributed by atoms with van der Waals surface area (Å²) < 4.78 is 10.6. The molecule has 96 heavy (non-hydrogen) atoms. The summed E-state index contributed by atoms with van der Waals surface area (Å²) in [4.78, 5) is 104. The van der Waals surface area contributed by atoms with Gasteiger partial charge in [0.1, 0.15) is 11.2 Å². The Hall–Kier alpha value is -9.00. The maximum Gasteiger partial charge on any atom is 0.410 e. The number of nitrogens with zero attached hydrogens (tertiary/aromatic N) is 5. The summed E-state index contributed by atoms with van der Waals surface area (Å²) in [5.41, 5.74) is 19.4. The van der Waals surface area contributed by atoms with E-state index in [-0.39, 0.29) is 47.0 Å². The van der Waals surface area contributed by atoms with Gasteiger partial charge >= 0.3 is 18.2 Å². The first-order valence-electron chi connectivity index (χ1n) is 34.1. The van der Waals surface area contributed by atoms with Crippen LogP contribution in [0.5, 0.6) is 0 Å². The van der Waals surface area contributed by atoms with Crippen molar-refractivity contribution in [3.05, 3.63) is 161 Å². The Bertz CT molecular complexity index is 3780. The highest BCUT2D eigenvalue weighted by Gasteiger charge is 2.35. The fourth-order valence-corrected chi connectivity index (χ4v) is 12.5. The molecule has 18 heteroatoms. The van der Waals surface area contributed by atoms with Crippen LogP contribution in [0.3, 0.4) is 0 Å². The van der Waals surface area contributed by atoms with Gasteiger partial charge in [-0.2, -0.15) is 0 Å². The molecule has 0 radical (unpaired) electrons. The van der Waals surface area contributed by atoms with Gasteiger partial charge in [-0.3, -0.25) is 24.0 Å². The molecule has 0 atom stereocenters. The van der Waals surface area contributed by atoms with Crippen LogP contribution in [0.15, 0.2) is 127 Å². The van der Waals surface area contributed by atoms with E-state index in [0.717, 1.165) is 134 Å². The Labute approximate surface area is 565 Å². The zero-order valence-corrected chi connectivity index (χ0v) is 57.3. The monoisotopic (exact) mass is 1310 g/mol. The van der Waals surface area contributed by atoms with Gasteiger partial charge in [0.15, 0.2) is 11.6 Å². The van der Waals surface area contributed by atoms with Crippen molar-refractivity contribution in [3.8, 4) is 33.4 Å². The molecule has 6 aromatic rings. The number of rotatable bonds is 16.